The number of hydrogen-bond acceptors (Lipinski definition) is 2. The van der Waals surface area contributed by atoms with Crippen LogP contribution in [0.3, 0.4) is 0 Å². The molecular weight excluding hydrogens is 174 g/mol. The summed E-state index contributed by atoms with van der Waals surface area (Å²) >= 11 is 0. The highest BCUT2D eigenvalue weighted by molar-refractivity contribution is 5.47. The third-order valence-corrected chi connectivity index (χ3v) is 2.84. The van der Waals surface area contributed by atoms with Crippen LogP contribution < -0.4 is 5.32 Å². The largest absolute Gasteiger partial charge is 0.508 e. The molecular formula is C12H17NO. The van der Waals surface area contributed by atoms with Gasteiger partial charge in [0.15, 0.2) is 0 Å². The maximum absolute atomic E-state index is 9.12. The number of nitrogens with one attached hydrogen (secondary N) is 1. The molecule has 1 aromatic carbocycles. The Morgan fingerprint density at radius 3 is 2.29 bits per heavy atom. The van der Waals surface area contributed by atoms with E-state index in [1.54, 1.807) is 12.1 Å². The number of anilines is 1. The van der Waals surface area contributed by atoms with E-state index in [0.717, 1.165) is 5.69 Å². The second-order valence-corrected chi connectivity index (χ2v) is 4.96. The Hall–Kier alpha value is -1.18. The average Bonchev–Trinajstić information content (AvgIpc) is 2.06. The van der Waals surface area contributed by atoms with Crippen molar-refractivity contribution in [3.05, 3.63) is 24.3 Å². The van der Waals surface area contributed by atoms with Gasteiger partial charge in [-0.25, -0.2) is 0 Å². The first-order valence-corrected chi connectivity index (χ1v) is 5.11. The summed E-state index contributed by atoms with van der Waals surface area (Å²) in [5.74, 6) is 0.324. The minimum atomic E-state index is 0.324. The van der Waals surface area contributed by atoms with Crippen molar-refractivity contribution in [2.75, 3.05) is 5.32 Å². The third kappa shape index (κ3) is 2.00. The van der Waals surface area contributed by atoms with E-state index in [2.05, 4.69) is 19.2 Å². The zero-order valence-electron chi connectivity index (χ0n) is 8.75. The predicted octanol–water partition coefficient (Wildman–Crippen LogP) is 2.99. The average molecular weight is 191 g/mol. The summed E-state index contributed by atoms with van der Waals surface area (Å²) in [5, 5.41) is 12.6. The molecule has 1 aliphatic rings. The van der Waals surface area contributed by atoms with Gasteiger partial charge in [0.05, 0.1) is 0 Å². The molecule has 0 saturated heterocycles. The van der Waals surface area contributed by atoms with Gasteiger partial charge in [0.2, 0.25) is 0 Å². The fourth-order valence-electron chi connectivity index (χ4n) is 2.17. The van der Waals surface area contributed by atoms with Gasteiger partial charge in [-0.3, -0.25) is 0 Å². The highest BCUT2D eigenvalue weighted by Gasteiger charge is 2.35. The summed E-state index contributed by atoms with van der Waals surface area (Å²) in [6.45, 7) is 4.59. The molecule has 0 heterocycles. The summed E-state index contributed by atoms with van der Waals surface area (Å²) in [6.07, 6.45) is 2.46. The molecule has 0 aromatic heterocycles. The zero-order chi connectivity index (χ0) is 10.2. The Morgan fingerprint density at radius 2 is 1.79 bits per heavy atom. The summed E-state index contributed by atoms with van der Waals surface area (Å²) in [6, 6.07) is 7.87. The lowest BCUT2D eigenvalue weighted by atomic mass is 9.68. The molecule has 2 N–H and O–H groups in total. The second-order valence-electron chi connectivity index (χ2n) is 4.96. The van der Waals surface area contributed by atoms with Crippen molar-refractivity contribution in [2.45, 2.75) is 32.7 Å². The van der Waals surface area contributed by atoms with Crippen LogP contribution in [0.2, 0.25) is 0 Å². The molecule has 2 nitrogen and oxygen atoms in total. The molecule has 0 unspecified atom stereocenters. The number of rotatable bonds is 2. The third-order valence-electron chi connectivity index (χ3n) is 2.84. The topological polar surface area (TPSA) is 32.3 Å². The fourth-order valence-corrected chi connectivity index (χ4v) is 2.17. The van der Waals surface area contributed by atoms with Crippen molar-refractivity contribution in [3.8, 4) is 5.75 Å². The van der Waals surface area contributed by atoms with Gasteiger partial charge < -0.3 is 10.4 Å². The molecule has 76 valence electrons. The maximum Gasteiger partial charge on any atom is 0.115 e. The Balaban J connectivity index is 1.90. The van der Waals surface area contributed by atoms with Gasteiger partial charge in [-0.05, 0) is 42.5 Å². The number of benzene rings is 1. The number of aromatic hydroxyl groups is 1. The molecule has 1 saturated carbocycles. The van der Waals surface area contributed by atoms with Crippen LogP contribution in [0.5, 0.6) is 5.75 Å². The molecule has 1 aromatic rings. The van der Waals surface area contributed by atoms with Crippen molar-refractivity contribution in [3.63, 3.8) is 0 Å². The van der Waals surface area contributed by atoms with Gasteiger partial charge in [0.25, 0.3) is 0 Å². The molecule has 2 rings (SSSR count). The van der Waals surface area contributed by atoms with Crippen LogP contribution in [0.15, 0.2) is 24.3 Å². The minimum absolute atomic E-state index is 0.324. The minimum Gasteiger partial charge on any atom is -0.508 e. The quantitative estimate of drug-likeness (QED) is 0.704. The lowest BCUT2D eigenvalue weighted by Crippen LogP contribution is -2.41. The van der Waals surface area contributed by atoms with Crippen molar-refractivity contribution in [1.29, 1.82) is 0 Å². The Kier molecular flexibility index (Phi) is 2.14. The first-order chi connectivity index (χ1) is 6.55. The Bertz CT molecular complexity index is 308. The number of phenolic OH excluding ortho intramolecular Hbond substituents is 1. The Labute approximate surface area is 85.0 Å². The van der Waals surface area contributed by atoms with Crippen LogP contribution in [0.25, 0.3) is 0 Å². The van der Waals surface area contributed by atoms with Gasteiger partial charge in [0.1, 0.15) is 5.75 Å². The van der Waals surface area contributed by atoms with Crippen LogP contribution in [0.4, 0.5) is 5.69 Å². The van der Waals surface area contributed by atoms with Crippen molar-refractivity contribution < 1.29 is 5.11 Å². The van der Waals surface area contributed by atoms with E-state index in [0.29, 0.717) is 17.2 Å². The van der Waals surface area contributed by atoms with Gasteiger partial charge in [-0.15, -0.1) is 0 Å². The van der Waals surface area contributed by atoms with E-state index in [1.165, 1.54) is 12.8 Å². The first kappa shape index (κ1) is 9.38. The highest BCUT2D eigenvalue weighted by Crippen LogP contribution is 2.41. The highest BCUT2D eigenvalue weighted by atomic mass is 16.3. The standard InChI is InChI=1S/C12H17NO/c1-12(2)7-10(8-12)13-9-3-5-11(14)6-4-9/h3-6,10,13-14H,7-8H2,1-2H3. The second kappa shape index (κ2) is 3.19. The van der Waals surface area contributed by atoms with Crippen LogP contribution in [-0.2, 0) is 0 Å². The summed E-state index contributed by atoms with van der Waals surface area (Å²) < 4.78 is 0. The molecule has 1 aliphatic carbocycles. The normalized spacial score (nSPS) is 20.1. The van der Waals surface area contributed by atoms with E-state index in [-0.39, 0.29) is 0 Å². The molecule has 0 aliphatic heterocycles. The molecule has 2 heteroatoms. The zero-order valence-corrected chi connectivity index (χ0v) is 8.75. The first-order valence-electron chi connectivity index (χ1n) is 5.11. The van der Waals surface area contributed by atoms with E-state index >= 15 is 0 Å². The lowest BCUT2D eigenvalue weighted by Gasteiger charge is -2.43. The Morgan fingerprint density at radius 1 is 1.21 bits per heavy atom. The predicted molar refractivity (Wildman–Crippen MR) is 58.5 cm³/mol. The number of phenols is 1. The summed E-state index contributed by atoms with van der Waals surface area (Å²) in [5.41, 5.74) is 1.61. The number of hydrogen-bond donors (Lipinski definition) is 2. The van der Waals surface area contributed by atoms with E-state index in [9.17, 15) is 0 Å². The van der Waals surface area contributed by atoms with Crippen molar-refractivity contribution in [1.82, 2.24) is 0 Å². The van der Waals surface area contributed by atoms with Gasteiger partial charge >= 0.3 is 0 Å². The summed E-state index contributed by atoms with van der Waals surface area (Å²) in [4.78, 5) is 0. The van der Waals surface area contributed by atoms with Crippen molar-refractivity contribution >= 4 is 5.69 Å². The monoisotopic (exact) mass is 191 g/mol. The summed E-state index contributed by atoms with van der Waals surface area (Å²) in [7, 11) is 0. The molecule has 14 heavy (non-hydrogen) atoms. The molecule has 0 radical (unpaired) electrons. The van der Waals surface area contributed by atoms with Gasteiger partial charge in [-0.1, -0.05) is 13.8 Å². The molecule has 1 fully saturated rings. The maximum atomic E-state index is 9.12. The van der Waals surface area contributed by atoms with E-state index in [1.807, 2.05) is 12.1 Å². The van der Waals surface area contributed by atoms with Crippen LogP contribution >= 0.6 is 0 Å². The van der Waals surface area contributed by atoms with Gasteiger partial charge in [0, 0.05) is 11.7 Å². The SMILES string of the molecule is CC1(C)CC(Nc2ccc(O)cc2)C1. The van der Waals surface area contributed by atoms with Crippen LogP contribution in [0, 0.1) is 5.41 Å². The van der Waals surface area contributed by atoms with Crippen LogP contribution in [0.1, 0.15) is 26.7 Å². The lowest BCUT2D eigenvalue weighted by molar-refractivity contribution is 0.167. The molecule has 0 atom stereocenters. The van der Waals surface area contributed by atoms with E-state index in [4.69, 9.17) is 5.11 Å². The van der Waals surface area contributed by atoms with Crippen LogP contribution in [-0.4, -0.2) is 11.1 Å². The molecule has 0 amide bonds. The van der Waals surface area contributed by atoms with E-state index < -0.39 is 0 Å². The van der Waals surface area contributed by atoms with Gasteiger partial charge in [-0.2, -0.15) is 0 Å². The molecule has 0 bridgehead atoms. The fraction of sp³-hybridized carbons (Fsp3) is 0.500. The smallest absolute Gasteiger partial charge is 0.115 e. The van der Waals surface area contributed by atoms with Crippen molar-refractivity contribution in [2.24, 2.45) is 5.41 Å². The molecule has 0 spiro atoms.